The molecule has 0 atom stereocenters. The van der Waals surface area contributed by atoms with Crippen molar-refractivity contribution in [1.82, 2.24) is 4.90 Å². The molecular formula is C26H27ClFN3O4S. The van der Waals surface area contributed by atoms with Crippen LogP contribution in [-0.4, -0.2) is 45.8 Å². The maximum Gasteiger partial charge on any atom is 0.284 e. The zero-order valence-electron chi connectivity index (χ0n) is 20.3. The van der Waals surface area contributed by atoms with Crippen LogP contribution in [-0.2, 0) is 21.2 Å². The molecule has 1 amide bonds. The van der Waals surface area contributed by atoms with Gasteiger partial charge in [-0.25, -0.2) is 4.39 Å². The number of benzene rings is 3. The summed E-state index contributed by atoms with van der Waals surface area (Å²) in [5.74, 6) is -1.09. The van der Waals surface area contributed by atoms with Gasteiger partial charge in [0.1, 0.15) is 6.34 Å². The summed E-state index contributed by atoms with van der Waals surface area (Å²) < 4.78 is 50.9. The third-order valence-corrected chi connectivity index (χ3v) is 6.52. The first kappa shape index (κ1) is 27.2. The molecule has 0 aliphatic carbocycles. The molecule has 3 aromatic carbocycles. The third-order valence-electron chi connectivity index (χ3n) is 4.89. The van der Waals surface area contributed by atoms with E-state index in [-0.39, 0.29) is 40.0 Å². The average Bonchev–Trinajstić information content (AvgIpc) is 2.80. The minimum Gasteiger partial charge on any atom is -0.488 e. The van der Waals surface area contributed by atoms with Crippen LogP contribution in [0.3, 0.4) is 0 Å². The molecule has 190 valence electrons. The molecule has 0 saturated heterocycles. The van der Waals surface area contributed by atoms with Crippen molar-refractivity contribution < 1.29 is 22.3 Å². The number of ether oxygens (including phenoxy) is 1. The number of carbonyl (C=O) groups is 1. The fraction of sp³-hybridized carbons (Fsp3) is 0.231. The lowest BCUT2D eigenvalue weighted by Gasteiger charge is -2.16. The van der Waals surface area contributed by atoms with Crippen molar-refractivity contribution in [2.24, 2.45) is 4.40 Å². The van der Waals surface area contributed by atoms with E-state index in [2.05, 4.69) is 9.71 Å². The van der Waals surface area contributed by atoms with Crippen LogP contribution in [0.4, 0.5) is 10.1 Å². The van der Waals surface area contributed by atoms with Crippen LogP contribution in [0.2, 0.25) is 5.02 Å². The largest absolute Gasteiger partial charge is 0.488 e. The highest BCUT2D eigenvalue weighted by Gasteiger charge is 2.23. The number of halogens is 2. The number of rotatable bonds is 9. The number of hydrogen-bond acceptors (Lipinski definition) is 4. The molecule has 0 spiro atoms. The van der Waals surface area contributed by atoms with Crippen molar-refractivity contribution in [3.8, 4) is 16.9 Å². The molecule has 0 heterocycles. The molecule has 0 fully saturated rings. The van der Waals surface area contributed by atoms with Gasteiger partial charge in [0.15, 0.2) is 11.6 Å². The Kier molecular flexibility index (Phi) is 8.70. The van der Waals surface area contributed by atoms with E-state index in [1.165, 1.54) is 35.2 Å². The lowest BCUT2D eigenvalue weighted by atomic mass is 10.0. The third kappa shape index (κ3) is 6.83. The molecule has 0 saturated carbocycles. The van der Waals surface area contributed by atoms with Crippen LogP contribution in [0.5, 0.6) is 5.75 Å². The molecule has 0 aliphatic heterocycles. The van der Waals surface area contributed by atoms with Crippen molar-refractivity contribution in [3.05, 3.63) is 77.1 Å². The average molecular weight is 532 g/mol. The first-order chi connectivity index (χ1) is 17.0. The van der Waals surface area contributed by atoms with Gasteiger partial charge in [-0.2, -0.15) is 8.42 Å². The van der Waals surface area contributed by atoms with E-state index in [0.717, 1.165) is 6.34 Å². The van der Waals surface area contributed by atoms with Crippen LogP contribution >= 0.6 is 11.6 Å². The number of amides is 1. The second-order valence-corrected chi connectivity index (χ2v) is 10.5. The topological polar surface area (TPSA) is 88.1 Å². The number of nitrogens with zero attached hydrogens (tertiary/aromatic N) is 2. The first-order valence-corrected chi connectivity index (χ1v) is 12.9. The van der Waals surface area contributed by atoms with E-state index in [9.17, 15) is 13.2 Å². The number of hydrogen-bond donors (Lipinski definition) is 1. The second-order valence-electron chi connectivity index (χ2n) is 8.47. The predicted octanol–water partition coefficient (Wildman–Crippen LogP) is 5.39. The normalized spacial score (nSPS) is 11.6. The summed E-state index contributed by atoms with van der Waals surface area (Å²) in [5, 5.41) is 3.13. The van der Waals surface area contributed by atoms with Gasteiger partial charge >= 0.3 is 0 Å². The quantitative estimate of drug-likeness (QED) is 0.295. The lowest BCUT2D eigenvalue weighted by molar-refractivity contribution is -0.115. The Labute approximate surface area is 215 Å². The highest BCUT2D eigenvalue weighted by atomic mass is 35.5. The Balaban J connectivity index is 2.06. The minimum atomic E-state index is -4.26. The van der Waals surface area contributed by atoms with Gasteiger partial charge in [0, 0.05) is 35.9 Å². The molecule has 0 radical (unpaired) electrons. The Morgan fingerprint density at radius 3 is 2.50 bits per heavy atom. The summed E-state index contributed by atoms with van der Waals surface area (Å²) in [6.45, 7) is 3.52. The van der Waals surface area contributed by atoms with Crippen molar-refractivity contribution in [1.29, 1.82) is 0 Å². The standard InChI is InChI=1S/C26H27ClFN3O4S/c1-17(2)35-23-11-7-9-21(26(23)28)20-13-12-19(15-24(20)36(33,34)29-16-31(3)4)30-25(32)14-18-8-5-6-10-22(18)27/h5-13,15-17H,14H2,1-4H3,(H,30,32). The molecule has 7 nitrogen and oxygen atoms in total. The number of carbonyl (C=O) groups excluding carboxylic acids is 1. The molecule has 3 rings (SSSR count). The Bertz CT molecular complexity index is 1390. The van der Waals surface area contributed by atoms with Gasteiger partial charge in [-0.15, -0.1) is 4.40 Å². The van der Waals surface area contributed by atoms with Crippen molar-refractivity contribution in [2.75, 3.05) is 19.4 Å². The van der Waals surface area contributed by atoms with E-state index in [1.54, 1.807) is 58.3 Å². The summed E-state index contributed by atoms with van der Waals surface area (Å²) in [4.78, 5) is 13.8. The van der Waals surface area contributed by atoms with E-state index in [0.29, 0.717) is 10.6 Å². The molecule has 1 N–H and O–H groups in total. The van der Waals surface area contributed by atoms with Gasteiger partial charge in [0.05, 0.1) is 17.4 Å². The van der Waals surface area contributed by atoms with E-state index in [4.69, 9.17) is 16.3 Å². The summed E-state index contributed by atoms with van der Waals surface area (Å²) in [6, 6.07) is 15.6. The summed E-state index contributed by atoms with van der Waals surface area (Å²) in [7, 11) is -1.02. The molecule has 0 aromatic heterocycles. The van der Waals surface area contributed by atoms with Crippen molar-refractivity contribution in [3.63, 3.8) is 0 Å². The Morgan fingerprint density at radius 2 is 1.83 bits per heavy atom. The van der Waals surface area contributed by atoms with Gasteiger partial charge in [0.2, 0.25) is 5.91 Å². The first-order valence-electron chi connectivity index (χ1n) is 11.1. The second kappa shape index (κ2) is 11.5. The van der Waals surface area contributed by atoms with Crippen molar-refractivity contribution >= 4 is 39.6 Å². The minimum absolute atomic E-state index is 0.000222. The maximum absolute atomic E-state index is 15.3. The van der Waals surface area contributed by atoms with Crippen LogP contribution in [0.15, 0.2) is 70.0 Å². The number of sulfonamides is 1. The molecule has 10 heteroatoms. The molecule has 36 heavy (non-hydrogen) atoms. The predicted molar refractivity (Wildman–Crippen MR) is 141 cm³/mol. The van der Waals surface area contributed by atoms with E-state index >= 15 is 4.39 Å². The van der Waals surface area contributed by atoms with Gasteiger partial charge in [-0.3, -0.25) is 4.79 Å². The molecular weight excluding hydrogens is 505 g/mol. The lowest BCUT2D eigenvalue weighted by Crippen LogP contribution is -2.15. The fourth-order valence-corrected chi connectivity index (χ4v) is 4.69. The number of anilines is 1. The molecule has 3 aromatic rings. The summed E-state index contributed by atoms with van der Waals surface area (Å²) in [6.07, 6.45) is 0.848. The SMILES string of the molecule is CC(C)Oc1cccc(-c2ccc(NC(=O)Cc3ccccc3Cl)cc2S(=O)(=O)N=CN(C)C)c1F. The van der Waals surface area contributed by atoms with Crippen LogP contribution in [0.25, 0.3) is 11.1 Å². The highest BCUT2D eigenvalue weighted by molar-refractivity contribution is 7.90. The Morgan fingerprint density at radius 1 is 1.11 bits per heavy atom. The molecule has 0 aliphatic rings. The number of nitrogens with one attached hydrogen (secondary N) is 1. The fourth-order valence-electron chi connectivity index (χ4n) is 3.33. The highest BCUT2D eigenvalue weighted by Crippen LogP contribution is 2.36. The summed E-state index contributed by atoms with van der Waals surface area (Å²) in [5.41, 5.74) is 0.951. The Hall–Kier alpha value is -3.43. The monoisotopic (exact) mass is 531 g/mol. The summed E-state index contributed by atoms with van der Waals surface area (Å²) >= 11 is 6.14. The van der Waals surface area contributed by atoms with E-state index in [1.807, 2.05) is 0 Å². The zero-order valence-corrected chi connectivity index (χ0v) is 21.9. The van der Waals surface area contributed by atoms with Gasteiger partial charge in [-0.05, 0) is 43.7 Å². The van der Waals surface area contributed by atoms with E-state index < -0.39 is 21.7 Å². The van der Waals surface area contributed by atoms with Crippen LogP contribution in [0.1, 0.15) is 19.4 Å². The van der Waals surface area contributed by atoms with Crippen molar-refractivity contribution in [2.45, 2.75) is 31.3 Å². The molecule has 0 bridgehead atoms. The van der Waals surface area contributed by atoms with Crippen LogP contribution < -0.4 is 10.1 Å². The maximum atomic E-state index is 15.3. The van der Waals surface area contributed by atoms with Gasteiger partial charge in [0.25, 0.3) is 10.0 Å². The zero-order chi connectivity index (χ0) is 26.5. The van der Waals surface area contributed by atoms with Gasteiger partial charge < -0.3 is 15.0 Å². The molecule has 0 unspecified atom stereocenters. The van der Waals surface area contributed by atoms with Gasteiger partial charge in [-0.1, -0.05) is 48.0 Å². The van der Waals surface area contributed by atoms with Crippen LogP contribution in [0, 0.1) is 5.82 Å². The smallest absolute Gasteiger partial charge is 0.284 e.